The summed E-state index contributed by atoms with van der Waals surface area (Å²) in [5, 5.41) is 11.6. The van der Waals surface area contributed by atoms with Crippen LogP contribution in [0.1, 0.15) is 44.1 Å². The first kappa shape index (κ1) is 15.5. The molecule has 0 bridgehead atoms. The average Bonchev–Trinajstić information content (AvgIpc) is 3.02. The van der Waals surface area contributed by atoms with Gasteiger partial charge in [-0.25, -0.2) is 0 Å². The molecule has 0 atom stereocenters. The Hall–Kier alpha value is -1.86. The van der Waals surface area contributed by atoms with Crippen LogP contribution >= 0.6 is 0 Å². The van der Waals surface area contributed by atoms with Gasteiger partial charge in [-0.2, -0.15) is 5.26 Å². The number of rotatable bonds is 6. The Morgan fingerprint density at radius 2 is 2.00 bits per heavy atom. The van der Waals surface area contributed by atoms with Crippen molar-refractivity contribution in [2.75, 3.05) is 18.9 Å². The van der Waals surface area contributed by atoms with Gasteiger partial charge in [-0.05, 0) is 57.1 Å². The van der Waals surface area contributed by atoms with Crippen molar-refractivity contribution in [1.82, 2.24) is 4.90 Å². The standard InChI is InChI=1S/C17H23N3O/c1-20(16-5-2-3-6-16)12-4-7-17(21)19-15-10-8-14(13-18)9-11-15/h8-11,16H,2-7,12H2,1H3,(H,19,21). The SMILES string of the molecule is CN(CCCC(=O)Nc1ccc(C#N)cc1)C1CCCC1. The van der Waals surface area contributed by atoms with E-state index in [1.54, 1.807) is 24.3 Å². The number of carbonyl (C=O) groups excluding carboxylic acids is 1. The van der Waals surface area contributed by atoms with Crippen molar-refractivity contribution in [2.45, 2.75) is 44.6 Å². The van der Waals surface area contributed by atoms with E-state index in [2.05, 4.69) is 23.3 Å². The van der Waals surface area contributed by atoms with E-state index >= 15 is 0 Å². The van der Waals surface area contributed by atoms with Crippen molar-refractivity contribution in [3.05, 3.63) is 29.8 Å². The third-order valence-corrected chi connectivity index (χ3v) is 4.16. The van der Waals surface area contributed by atoms with Gasteiger partial charge < -0.3 is 10.2 Å². The molecule has 0 aromatic heterocycles. The van der Waals surface area contributed by atoms with E-state index in [1.807, 2.05) is 0 Å². The number of nitrogens with one attached hydrogen (secondary N) is 1. The lowest BCUT2D eigenvalue weighted by atomic mass is 10.2. The molecule has 1 aromatic carbocycles. The van der Waals surface area contributed by atoms with Crippen LogP contribution in [-0.4, -0.2) is 30.4 Å². The number of carbonyl (C=O) groups is 1. The van der Waals surface area contributed by atoms with Crippen LogP contribution in [0.2, 0.25) is 0 Å². The highest BCUT2D eigenvalue weighted by Crippen LogP contribution is 2.22. The molecule has 1 aromatic rings. The summed E-state index contributed by atoms with van der Waals surface area (Å²) in [5.74, 6) is 0.0412. The molecule has 4 nitrogen and oxygen atoms in total. The Kier molecular flexibility index (Phi) is 5.77. The summed E-state index contributed by atoms with van der Waals surface area (Å²) in [5.41, 5.74) is 1.36. The normalized spacial score (nSPS) is 15.1. The number of nitriles is 1. The van der Waals surface area contributed by atoms with Gasteiger partial charge in [0.25, 0.3) is 0 Å². The van der Waals surface area contributed by atoms with Crippen LogP contribution in [0.3, 0.4) is 0 Å². The van der Waals surface area contributed by atoms with Gasteiger partial charge in [0, 0.05) is 18.2 Å². The molecular formula is C17H23N3O. The first-order valence-electron chi connectivity index (χ1n) is 7.69. The van der Waals surface area contributed by atoms with Gasteiger partial charge in [-0.3, -0.25) is 4.79 Å². The average molecular weight is 285 g/mol. The van der Waals surface area contributed by atoms with Crippen molar-refractivity contribution in [3.8, 4) is 6.07 Å². The molecule has 0 spiro atoms. The number of nitrogens with zero attached hydrogens (tertiary/aromatic N) is 2. The minimum atomic E-state index is 0.0412. The smallest absolute Gasteiger partial charge is 0.224 e. The largest absolute Gasteiger partial charge is 0.326 e. The molecule has 1 saturated carbocycles. The van der Waals surface area contributed by atoms with Crippen molar-refractivity contribution >= 4 is 11.6 Å². The second-order valence-electron chi connectivity index (χ2n) is 5.76. The molecule has 1 aliphatic carbocycles. The first-order chi connectivity index (χ1) is 10.2. The van der Waals surface area contributed by atoms with Gasteiger partial charge in [-0.1, -0.05) is 12.8 Å². The van der Waals surface area contributed by atoms with Gasteiger partial charge in [0.15, 0.2) is 0 Å². The number of amides is 1. The Morgan fingerprint density at radius 1 is 1.33 bits per heavy atom. The van der Waals surface area contributed by atoms with E-state index < -0.39 is 0 Å². The number of hydrogen-bond donors (Lipinski definition) is 1. The molecule has 112 valence electrons. The van der Waals surface area contributed by atoms with Crippen LogP contribution in [0.4, 0.5) is 5.69 Å². The highest BCUT2D eigenvalue weighted by atomic mass is 16.1. The zero-order chi connectivity index (χ0) is 15.1. The summed E-state index contributed by atoms with van der Waals surface area (Å²) in [6.07, 6.45) is 6.70. The van der Waals surface area contributed by atoms with Gasteiger partial charge in [-0.15, -0.1) is 0 Å². The fourth-order valence-corrected chi connectivity index (χ4v) is 2.87. The van der Waals surface area contributed by atoms with Gasteiger partial charge >= 0.3 is 0 Å². The Morgan fingerprint density at radius 3 is 2.62 bits per heavy atom. The molecule has 0 aliphatic heterocycles. The Bertz CT molecular complexity index is 498. The zero-order valence-corrected chi connectivity index (χ0v) is 12.6. The summed E-state index contributed by atoms with van der Waals surface area (Å²) in [7, 11) is 2.16. The van der Waals surface area contributed by atoms with Crippen molar-refractivity contribution < 1.29 is 4.79 Å². The quantitative estimate of drug-likeness (QED) is 0.873. The molecule has 2 rings (SSSR count). The van der Waals surface area contributed by atoms with E-state index in [0.29, 0.717) is 18.0 Å². The highest BCUT2D eigenvalue weighted by Gasteiger charge is 2.19. The summed E-state index contributed by atoms with van der Waals surface area (Å²) >= 11 is 0. The van der Waals surface area contributed by atoms with Crippen LogP contribution in [-0.2, 0) is 4.79 Å². The minimum Gasteiger partial charge on any atom is -0.326 e. The second-order valence-corrected chi connectivity index (χ2v) is 5.76. The van der Waals surface area contributed by atoms with E-state index in [-0.39, 0.29) is 5.91 Å². The molecule has 1 amide bonds. The summed E-state index contributed by atoms with van der Waals surface area (Å²) in [6, 6.07) is 9.73. The molecule has 0 saturated heterocycles. The van der Waals surface area contributed by atoms with Crippen LogP contribution in [0.25, 0.3) is 0 Å². The van der Waals surface area contributed by atoms with E-state index in [4.69, 9.17) is 5.26 Å². The first-order valence-corrected chi connectivity index (χ1v) is 7.69. The fourth-order valence-electron chi connectivity index (χ4n) is 2.87. The van der Waals surface area contributed by atoms with Gasteiger partial charge in [0.1, 0.15) is 0 Å². The Labute approximate surface area is 126 Å². The lowest BCUT2D eigenvalue weighted by molar-refractivity contribution is -0.116. The number of hydrogen-bond acceptors (Lipinski definition) is 3. The predicted octanol–water partition coefficient (Wildman–Crippen LogP) is 3.15. The third-order valence-electron chi connectivity index (χ3n) is 4.16. The van der Waals surface area contributed by atoms with E-state index in [1.165, 1.54) is 25.7 Å². The molecule has 4 heteroatoms. The topological polar surface area (TPSA) is 56.1 Å². The zero-order valence-electron chi connectivity index (χ0n) is 12.6. The van der Waals surface area contributed by atoms with Gasteiger partial charge in [0.2, 0.25) is 5.91 Å². The van der Waals surface area contributed by atoms with Crippen molar-refractivity contribution in [3.63, 3.8) is 0 Å². The second kappa shape index (κ2) is 7.80. The van der Waals surface area contributed by atoms with Crippen LogP contribution in [0.5, 0.6) is 0 Å². The summed E-state index contributed by atoms with van der Waals surface area (Å²) in [6.45, 7) is 0.978. The van der Waals surface area contributed by atoms with Crippen LogP contribution in [0.15, 0.2) is 24.3 Å². The maximum Gasteiger partial charge on any atom is 0.224 e. The molecule has 21 heavy (non-hydrogen) atoms. The van der Waals surface area contributed by atoms with Crippen LogP contribution in [0, 0.1) is 11.3 Å². The molecule has 0 heterocycles. The lowest BCUT2D eigenvalue weighted by Gasteiger charge is -2.23. The minimum absolute atomic E-state index is 0.0412. The third kappa shape index (κ3) is 4.87. The maximum atomic E-state index is 11.9. The highest BCUT2D eigenvalue weighted by molar-refractivity contribution is 5.90. The maximum absolute atomic E-state index is 11.9. The molecule has 1 fully saturated rings. The summed E-state index contributed by atoms with van der Waals surface area (Å²) < 4.78 is 0. The predicted molar refractivity (Wildman–Crippen MR) is 83.9 cm³/mol. The van der Waals surface area contributed by atoms with Crippen LogP contribution < -0.4 is 5.32 Å². The monoisotopic (exact) mass is 285 g/mol. The Balaban J connectivity index is 1.68. The molecule has 0 radical (unpaired) electrons. The van der Waals surface area contributed by atoms with Gasteiger partial charge in [0.05, 0.1) is 11.6 Å². The molecule has 1 aliphatic rings. The number of benzene rings is 1. The van der Waals surface area contributed by atoms with Crippen molar-refractivity contribution in [1.29, 1.82) is 5.26 Å². The van der Waals surface area contributed by atoms with Crippen molar-refractivity contribution in [2.24, 2.45) is 0 Å². The van der Waals surface area contributed by atoms with E-state index in [9.17, 15) is 4.79 Å². The lowest BCUT2D eigenvalue weighted by Crippen LogP contribution is -2.30. The number of anilines is 1. The molecular weight excluding hydrogens is 262 g/mol. The molecule has 1 N–H and O–H groups in total. The summed E-state index contributed by atoms with van der Waals surface area (Å²) in [4.78, 5) is 14.3. The molecule has 0 unspecified atom stereocenters. The van der Waals surface area contributed by atoms with E-state index in [0.717, 1.165) is 18.7 Å². The fraction of sp³-hybridized carbons (Fsp3) is 0.529.